The smallest absolute Gasteiger partial charge is 0.253 e. The van der Waals surface area contributed by atoms with E-state index in [1.165, 1.54) is 0 Å². The van der Waals surface area contributed by atoms with E-state index in [2.05, 4.69) is 17.2 Å². The second-order valence-corrected chi connectivity index (χ2v) is 5.04. The van der Waals surface area contributed by atoms with Crippen LogP contribution in [0.2, 0.25) is 0 Å². The van der Waals surface area contributed by atoms with Crippen LogP contribution in [0.3, 0.4) is 0 Å². The first-order valence-corrected chi connectivity index (χ1v) is 6.54. The van der Waals surface area contributed by atoms with Crippen molar-refractivity contribution in [3.63, 3.8) is 0 Å². The average Bonchev–Trinajstić information content (AvgIpc) is 2.85. The van der Waals surface area contributed by atoms with Gasteiger partial charge >= 0.3 is 0 Å². The molecule has 0 radical (unpaired) electrons. The van der Waals surface area contributed by atoms with Gasteiger partial charge in [0.1, 0.15) is 5.82 Å². The standard InChI is InChI=1S/C15H20N4O/c1-11(14-16-9-10-19(14)4)17-13-7-5-12(6-8-13)15(20)18(2)3/h5-11,17H,1-4H3. The number of imidazole rings is 1. The van der Waals surface area contributed by atoms with Crippen LogP contribution in [0, 0.1) is 0 Å². The van der Waals surface area contributed by atoms with Crippen LogP contribution in [-0.2, 0) is 7.05 Å². The molecule has 5 nitrogen and oxygen atoms in total. The molecule has 1 aromatic heterocycles. The first-order chi connectivity index (χ1) is 9.49. The van der Waals surface area contributed by atoms with Crippen molar-refractivity contribution in [2.24, 2.45) is 7.05 Å². The lowest BCUT2D eigenvalue weighted by atomic mass is 10.1. The molecule has 0 fully saturated rings. The lowest BCUT2D eigenvalue weighted by molar-refractivity contribution is 0.0827. The zero-order valence-electron chi connectivity index (χ0n) is 12.3. The van der Waals surface area contributed by atoms with Gasteiger partial charge in [0.25, 0.3) is 5.91 Å². The van der Waals surface area contributed by atoms with Gasteiger partial charge in [-0.25, -0.2) is 4.98 Å². The number of carbonyl (C=O) groups excluding carboxylic acids is 1. The van der Waals surface area contributed by atoms with E-state index in [9.17, 15) is 4.79 Å². The molecular weight excluding hydrogens is 252 g/mol. The second kappa shape index (κ2) is 5.77. The Labute approximate surface area is 119 Å². The predicted octanol–water partition coefficient (Wildman–Crippen LogP) is 2.29. The van der Waals surface area contributed by atoms with Crippen LogP contribution in [0.4, 0.5) is 5.69 Å². The van der Waals surface area contributed by atoms with Gasteiger partial charge in [0.15, 0.2) is 0 Å². The number of anilines is 1. The van der Waals surface area contributed by atoms with Gasteiger partial charge in [0, 0.05) is 44.8 Å². The third-order valence-corrected chi connectivity index (χ3v) is 3.17. The van der Waals surface area contributed by atoms with E-state index >= 15 is 0 Å². The number of nitrogens with one attached hydrogen (secondary N) is 1. The van der Waals surface area contributed by atoms with Crippen molar-refractivity contribution in [3.05, 3.63) is 48.0 Å². The number of aromatic nitrogens is 2. The van der Waals surface area contributed by atoms with Gasteiger partial charge in [0.2, 0.25) is 0 Å². The quantitative estimate of drug-likeness (QED) is 0.929. The van der Waals surface area contributed by atoms with Gasteiger partial charge in [-0.05, 0) is 31.2 Å². The van der Waals surface area contributed by atoms with Crippen LogP contribution >= 0.6 is 0 Å². The van der Waals surface area contributed by atoms with Crippen LogP contribution in [0.15, 0.2) is 36.7 Å². The fourth-order valence-electron chi connectivity index (χ4n) is 2.08. The summed E-state index contributed by atoms with van der Waals surface area (Å²) in [5, 5.41) is 3.37. The second-order valence-electron chi connectivity index (χ2n) is 5.04. The highest BCUT2D eigenvalue weighted by Gasteiger charge is 2.11. The monoisotopic (exact) mass is 272 g/mol. The van der Waals surface area contributed by atoms with Crippen LogP contribution in [0.5, 0.6) is 0 Å². The van der Waals surface area contributed by atoms with E-state index in [1.807, 2.05) is 42.1 Å². The fourth-order valence-corrected chi connectivity index (χ4v) is 2.08. The summed E-state index contributed by atoms with van der Waals surface area (Å²) in [6.07, 6.45) is 3.71. The first kappa shape index (κ1) is 14.1. The highest BCUT2D eigenvalue weighted by atomic mass is 16.2. The summed E-state index contributed by atoms with van der Waals surface area (Å²) < 4.78 is 1.99. The van der Waals surface area contributed by atoms with E-state index in [0.717, 1.165) is 11.5 Å². The highest BCUT2D eigenvalue weighted by Crippen LogP contribution is 2.18. The van der Waals surface area contributed by atoms with E-state index < -0.39 is 0 Å². The fraction of sp³-hybridized carbons (Fsp3) is 0.333. The predicted molar refractivity (Wildman–Crippen MR) is 79.7 cm³/mol. The van der Waals surface area contributed by atoms with Gasteiger partial charge < -0.3 is 14.8 Å². The molecule has 0 aliphatic carbocycles. The molecule has 1 N–H and O–H groups in total. The summed E-state index contributed by atoms with van der Waals surface area (Å²) in [6, 6.07) is 7.59. The number of aryl methyl sites for hydroxylation is 1. The first-order valence-electron chi connectivity index (χ1n) is 6.54. The Morgan fingerprint density at radius 3 is 2.45 bits per heavy atom. The van der Waals surface area contributed by atoms with Gasteiger partial charge in [-0.1, -0.05) is 0 Å². The van der Waals surface area contributed by atoms with E-state index in [1.54, 1.807) is 25.2 Å². The lowest BCUT2D eigenvalue weighted by Crippen LogP contribution is -2.21. The molecule has 0 aliphatic rings. The number of hydrogen-bond acceptors (Lipinski definition) is 3. The molecule has 1 heterocycles. The van der Waals surface area contributed by atoms with Crippen molar-refractivity contribution in [1.29, 1.82) is 0 Å². The van der Waals surface area contributed by atoms with Crippen molar-refractivity contribution >= 4 is 11.6 Å². The zero-order valence-corrected chi connectivity index (χ0v) is 12.3. The molecule has 1 atom stereocenters. The molecule has 1 unspecified atom stereocenters. The molecule has 1 aromatic carbocycles. The third kappa shape index (κ3) is 2.99. The van der Waals surface area contributed by atoms with Gasteiger partial charge in [-0.3, -0.25) is 4.79 Å². The van der Waals surface area contributed by atoms with Crippen LogP contribution in [0.25, 0.3) is 0 Å². The molecule has 2 aromatic rings. The minimum atomic E-state index is 0.00806. The molecule has 0 spiro atoms. The maximum Gasteiger partial charge on any atom is 0.253 e. The minimum Gasteiger partial charge on any atom is -0.375 e. The van der Waals surface area contributed by atoms with Crippen molar-refractivity contribution in [2.45, 2.75) is 13.0 Å². The number of hydrogen-bond donors (Lipinski definition) is 1. The molecule has 106 valence electrons. The van der Waals surface area contributed by atoms with Crippen molar-refractivity contribution in [3.8, 4) is 0 Å². The maximum atomic E-state index is 11.8. The number of nitrogens with zero attached hydrogens (tertiary/aromatic N) is 3. The molecule has 2 rings (SSSR count). The molecule has 20 heavy (non-hydrogen) atoms. The van der Waals surface area contributed by atoms with Crippen molar-refractivity contribution in [2.75, 3.05) is 19.4 Å². The molecule has 0 bridgehead atoms. The Hall–Kier alpha value is -2.30. The Morgan fingerprint density at radius 2 is 1.95 bits per heavy atom. The number of benzene rings is 1. The average molecular weight is 272 g/mol. The Kier molecular flexibility index (Phi) is 4.08. The van der Waals surface area contributed by atoms with Gasteiger partial charge in [-0.2, -0.15) is 0 Å². The van der Waals surface area contributed by atoms with Crippen LogP contribution in [-0.4, -0.2) is 34.5 Å². The van der Waals surface area contributed by atoms with Crippen molar-refractivity contribution < 1.29 is 4.79 Å². The Morgan fingerprint density at radius 1 is 1.30 bits per heavy atom. The van der Waals surface area contributed by atoms with E-state index in [-0.39, 0.29) is 11.9 Å². The highest BCUT2D eigenvalue weighted by molar-refractivity contribution is 5.94. The van der Waals surface area contributed by atoms with Gasteiger partial charge in [0.05, 0.1) is 6.04 Å². The summed E-state index contributed by atoms with van der Waals surface area (Å²) >= 11 is 0. The molecule has 0 saturated heterocycles. The molecule has 0 aliphatic heterocycles. The van der Waals surface area contributed by atoms with Crippen LogP contribution < -0.4 is 5.32 Å². The summed E-state index contributed by atoms with van der Waals surface area (Å²) in [5.74, 6) is 0.979. The largest absolute Gasteiger partial charge is 0.375 e. The minimum absolute atomic E-state index is 0.00806. The topological polar surface area (TPSA) is 50.2 Å². The zero-order chi connectivity index (χ0) is 14.7. The molecule has 0 saturated carbocycles. The summed E-state index contributed by atoms with van der Waals surface area (Å²) in [7, 11) is 5.47. The Balaban J connectivity index is 2.08. The van der Waals surface area contributed by atoms with Gasteiger partial charge in [-0.15, -0.1) is 0 Å². The SMILES string of the molecule is CC(Nc1ccc(C(=O)N(C)C)cc1)c1nccn1C. The van der Waals surface area contributed by atoms with E-state index in [4.69, 9.17) is 0 Å². The Bertz CT molecular complexity index is 586. The maximum absolute atomic E-state index is 11.8. The third-order valence-electron chi connectivity index (χ3n) is 3.17. The molecule has 1 amide bonds. The number of carbonyl (C=O) groups is 1. The number of amides is 1. The summed E-state index contributed by atoms with van der Waals surface area (Å²) in [5.41, 5.74) is 1.65. The molecule has 5 heteroatoms. The van der Waals surface area contributed by atoms with Crippen LogP contribution in [0.1, 0.15) is 29.1 Å². The summed E-state index contributed by atoms with van der Waals surface area (Å²) in [4.78, 5) is 17.7. The lowest BCUT2D eigenvalue weighted by Gasteiger charge is -2.16. The van der Waals surface area contributed by atoms with Crippen molar-refractivity contribution in [1.82, 2.24) is 14.5 Å². The molecular formula is C15H20N4O. The number of rotatable bonds is 4. The normalized spacial score (nSPS) is 12.0. The van der Waals surface area contributed by atoms with E-state index in [0.29, 0.717) is 5.56 Å². The summed E-state index contributed by atoms with van der Waals surface area (Å²) in [6.45, 7) is 2.06.